The molecule has 0 aliphatic carbocycles. The molecule has 0 unspecified atom stereocenters. The summed E-state index contributed by atoms with van der Waals surface area (Å²) in [5, 5.41) is 0. The maximum Gasteiger partial charge on any atom is 0.321 e. The molecule has 1 aromatic heterocycles. The summed E-state index contributed by atoms with van der Waals surface area (Å²) in [6.07, 6.45) is 2.82. The van der Waals surface area contributed by atoms with Crippen molar-refractivity contribution in [3.8, 4) is 11.5 Å². The smallest absolute Gasteiger partial charge is 0.321 e. The number of aromatic nitrogens is 2. The highest BCUT2D eigenvalue weighted by atomic mass is 16.5. The Morgan fingerprint density at radius 2 is 1.79 bits per heavy atom. The van der Waals surface area contributed by atoms with E-state index in [2.05, 4.69) is 6.92 Å². The summed E-state index contributed by atoms with van der Waals surface area (Å²) in [6, 6.07) is 12.5. The van der Waals surface area contributed by atoms with Gasteiger partial charge in [0.05, 0.1) is 37.9 Å². The number of esters is 1. The van der Waals surface area contributed by atoms with Crippen molar-refractivity contribution in [3.63, 3.8) is 0 Å². The predicted molar refractivity (Wildman–Crippen MR) is 129 cm³/mol. The molecular formula is C26H31N3O5. The summed E-state index contributed by atoms with van der Waals surface area (Å²) < 4.78 is 18.3. The van der Waals surface area contributed by atoms with Crippen LogP contribution in [0, 0.1) is 5.92 Å². The Morgan fingerprint density at radius 1 is 1.03 bits per heavy atom. The molecule has 34 heavy (non-hydrogen) atoms. The van der Waals surface area contributed by atoms with Gasteiger partial charge in [-0.25, -0.2) is 4.98 Å². The lowest BCUT2D eigenvalue weighted by Crippen LogP contribution is -2.50. The zero-order valence-electron chi connectivity index (χ0n) is 20.1. The van der Waals surface area contributed by atoms with Crippen LogP contribution in [-0.4, -0.2) is 48.8 Å². The Kier molecular flexibility index (Phi) is 7.05. The van der Waals surface area contributed by atoms with Gasteiger partial charge in [0.1, 0.15) is 0 Å². The summed E-state index contributed by atoms with van der Waals surface area (Å²) in [4.78, 5) is 33.6. The lowest BCUT2D eigenvalue weighted by Gasteiger charge is -2.38. The van der Waals surface area contributed by atoms with Gasteiger partial charge in [-0.05, 0) is 43.2 Å². The second-order valence-corrected chi connectivity index (χ2v) is 8.26. The van der Waals surface area contributed by atoms with E-state index < -0.39 is 17.9 Å². The van der Waals surface area contributed by atoms with Gasteiger partial charge in [0.25, 0.3) is 0 Å². The van der Waals surface area contributed by atoms with Crippen molar-refractivity contribution < 1.29 is 23.8 Å². The minimum Gasteiger partial charge on any atom is -0.493 e. The highest BCUT2D eigenvalue weighted by Crippen LogP contribution is 2.43. The lowest BCUT2D eigenvalue weighted by atomic mass is 9.89. The van der Waals surface area contributed by atoms with Gasteiger partial charge < -0.3 is 18.8 Å². The van der Waals surface area contributed by atoms with Crippen molar-refractivity contribution in [1.29, 1.82) is 0 Å². The Bertz CT molecular complexity index is 1190. The molecule has 8 nitrogen and oxygen atoms in total. The van der Waals surface area contributed by atoms with E-state index in [1.165, 1.54) is 0 Å². The van der Waals surface area contributed by atoms with E-state index in [0.29, 0.717) is 24.0 Å². The molecule has 0 saturated carbocycles. The fraction of sp³-hybridized carbons (Fsp3) is 0.423. The van der Waals surface area contributed by atoms with E-state index in [1.807, 2.05) is 41.0 Å². The molecule has 0 saturated heterocycles. The molecule has 2 atom stereocenters. The molecule has 180 valence electrons. The van der Waals surface area contributed by atoms with E-state index in [4.69, 9.17) is 19.2 Å². The SMILES string of the molecule is CCCCCN1C(=O)[C@H](C(=O)OCC)[C@H](c2ccc(OC)c(OC)c2)n2c1nc1ccccc12. The number of benzene rings is 2. The number of ether oxygens (including phenoxy) is 3. The number of nitrogens with zero attached hydrogens (tertiary/aromatic N) is 3. The second-order valence-electron chi connectivity index (χ2n) is 8.26. The molecule has 0 radical (unpaired) electrons. The summed E-state index contributed by atoms with van der Waals surface area (Å²) >= 11 is 0. The molecular weight excluding hydrogens is 434 g/mol. The van der Waals surface area contributed by atoms with Gasteiger partial charge in [0.2, 0.25) is 11.9 Å². The zero-order chi connectivity index (χ0) is 24.2. The third-order valence-corrected chi connectivity index (χ3v) is 6.22. The number of hydrogen-bond acceptors (Lipinski definition) is 6. The van der Waals surface area contributed by atoms with E-state index in [1.54, 1.807) is 32.1 Å². The summed E-state index contributed by atoms with van der Waals surface area (Å²) in [7, 11) is 3.13. The first kappa shape index (κ1) is 23.6. The molecule has 2 aromatic carbocycles. The van der Waals surface area contributed by atoms with Crippen LogP contribution in [0.5, 0.6) is 11.5 Å². The van der Waals surface area contributed by atoms with Gasteiger partial charge in [0.15, 0.2) is 17.4 Å². The van der Waals surface area contributed by atoms with Crippen molar-refractivity contribution in [2.75, 3.05) is 32.3 Å². The van der Waals surface area contributed by atoms with Gasteiger partial charge in [-0.3, -0.25) is 14.5 Å². The number of para-hydroxylation sites is 2. The molecule has 0 fully saturated rings. The highest BCUT2D eigenvalue weighted by Gasteiger charge is 2.47. The van der Waals surface area contributed by atoms with Crippen LogP contribution in [0.2, 0.25) is 0 Å². The standard InChI is InChI=1S/C26H31N3O5/c1-5-7-10-15-28-24(30)22(25(31)34-6-2)23(17-13-14-20(32-3)21(16-17)33-4)29-19-12-9-8-11-18(19)27-26(28)29/h8-9,11-14,16,22-23H,5-7,10,15H2,1-4H3/t22-,23+/m1/s1. The number of unbranched alkanes of at least 4 members (excludes halogenated alkanes) is 2. The van der Waals surface area contributed by atoms with Gasteiger partial charge in [0, 0.05) is 6.54 Å². The predicted octanol–water partition coefficient (Wildman–Crippen LogP) is 4.36. The van der Waals surface area contributed by atoms with Gasteiger partial charge >= 0.3 is 5.97 Å². The molecule has 1 aliphatic heterocycles. The van der Waals surface area contributed by atoms with Crippen LogP contribution in [0.1, 0.15) is 44.7 Å². The second kappa shape index (κ2) is 10.2. The number of amides is 1. The molecule has 8 heteroatoms. The average molecular weight is 466 g/mol. The Balaban J connectivity index is 1.95. The van der Waals surface area contributed by atoms with Crippen LogP contribution in [-0.2, 0) is 14.3 Å². The van der Waals surface area contributed by atoms with Crippen LogP contribution in [0.4, 0.5) is 5.95 Å². The minimum atomic E-state index is -1.05. The van der Waals surface area contributed by atoms with Crippen molar-refractivity contribution in [3.05, 3.63) is 48.0 Å². The molecule has 1 aliphatic rings. The van der Waals surface area contributed by atoms with Crippen molar-refractivity contribution in [1.82, 2.24) is 9.55 Å². The van der Waals surface area contributed by atoms with Crippen LogP contribution in [0.15, 0.2) is 42.5 Å². The fourth-order valence-corrected chi connectivity index (χ4v) is 4.62. The Labute approximate surface area is 199 Å². The van der Waals surface area contributed by atoms with E-state index in [-0.39, 0.29) is 12.5 Å². The molecule has 0 bridgehead atoms. The largest absolute Gasteiger partial charge is 0.493 e. The fourth-order valence-electron chi connectivity index (χ4n) is 4.62. The third-order valence-electron chi connectivity index (χ3n) is 6.22. The van der Waals surface area contributed by atoms with Crippen LogP contribution in [0.25, 0.3) is 11.0 Å². The average Bonchev–Trinajstić information content (AvgIpc) is 3.23. The Morgan fingerprint density at radius 3 is 2.50 bits per heavy atom. The van der Waals surface area contributed by atoms with Gasteiger partial charge in [-0.2, -0.15) is 0 Å². The zero-order valence-corrected chi connectivity index (χ0v) is 20.1. The van der Waals surface area contributed by atoms with Crippen LogP contribution < -0.4 is 14.4 Å². The van der Waals surface area contributed by atoms with Gasteiger partial charge in [-0.1, -0.05) is 38.0 Å². The highest BCUT2D eigenvalue weighted by molar-refractivity contribution is 6.08. The van der Waals surface area contributed by atoms with Crippen LogP contribution >= 0.6 is 0 Å². The summed E-state index contributed by atoms with van der Waals surface area (Å²) in [5.74, 6) is -0.259. The first-order valence-corrected chi connectivity index (χ1v) is 11.7. The Hall–Kier alpha value is -3.55. The van der Waals surface area contributed by atoms with E-state index in [0.717, 1.165) is 35.9 Å². The first-order valence-electron chi connectivity index (χ1n) is 11.7. The molecule has 2 heterocycles. The quantitative estimate of drug-likeness (QED) is 0.265. The monoisotopic (exact) mass is 465 g/mol. The normalized spacial score (nSPS) is 17.5. The van der Waals surface area contributed by atoms with Crippen molar-refractivity contribution >= 4 is 28.9 Å². The first-order chi connectivity index (χ1) is 16.5. The molecule has 4 rings (SSSR count). The number of imidazole rings is 1. The number of anilines is 1. The summed E-state index contributed by atoms with van der Waals surface area (Å²) in [5.41, 5.74) is 2.35. The number of hydrogen-bond donors (Lipinski definition) is 0. The molecule has 0 spiro atoms. The van der Waals surface area contributed by atoms with Crippen molar-refractivity contribution in [2.24, 2.45) is 5.92 Å². The number of carbonyl (C=O) groups excluding carboxylic acids is 2. The number of methoxy groups -OCH3 is 2. The van der Waals surface area contributed by atoms with Gasteiger partial charge in [-0.15, -0.1) is 0 Å². The summed E-state index contributed by atoms with van der Waals surface area (Å²) in [6.45, 7) is 4.54. The number of rotatable bonds is 9. The number of carbonyl (C=O) groups is 2. The third kappa shape index (κ3) is 4.08. The molecule has 3 aromatic rings. The van der Waals surface area contributed by atoms with E-state index in [9.17, 15) is 9.59 Å². The molecule has 0 N–H and O–H groups in total. The topological polar surface area (TPSA) is 82.9 Å². The maximum absolute atomic E-state index is 13.9. The molecule has 1 amide bonds. The van der Waals surface area contributed by atoms with E-state index >= 15 is 0 Å². The lowest BCUT2D eigenvalue weighted by molar-refractivity contribution is -0.153. The van der Waals surface area contributed by atoms with Crippen LogP contribution in [0.3, 0.4) is 0 Å². The van der Waals surface area contributed by atoms with Crippen molar-refractivity contribution in [2.45, 2.75) is 39.2 Å². The maximum atomic E-state index is 13.9. The number of fused-ring (bicyclic) bond motifs is 3. The minimum absolute atomic E-state index is 0.189.